The molecule has 1 aliphatic heterocycles. The average molecular weight is 423 g/mol. The third-order valence-corrected chi connectivity index (χ3v) is 4.93. The van der Waals surface area contributed by atoms with Crippen LogP contribution >= 0.6 is 11.6 Å². The summed E-state index contributed by atoms with van der Waals surface area (Å²) in [4.78, 5) is 25.9. The van der Waals surface area contributed by atoms with Gasteiger partial charge in [-0.3, -0.25) is 9.59 Å². The molecule has 0 aromatic heterocycles. The zero-order chi connectivity index (χ0) is 21.2. The van der Waals surface area contributed by atoms with E-state index in [1.54, 1.807) is 6.08 Å². The van der Waals surface area contributed by atoms with Crippen molar-refractivity contribution in [1.29, 1.82) is 0 Å². The standard InChI is InChI=1S/C21H18ClF3N2O2/c1-13-11-15(6-8-18(13)23)26-19(28)14-5-7-17(22)16(12-14)21(24,25)20(29)27-9-3-2-4-10-27/h2-3,5-8,11-12H,4,9-10H2,1H3,(H,26,28). The van der Waals surface area contributed by atoms with Gasteiger partial charge < -0.3 is 10.2 Å². The van der Waals surface area contributed by atoms with Crippen molar-refractivity contribution < 1.29 is 22.8 Å². The molecule has 0 bridgehead atoms. The van der Waals surface area contributed by atoms with Gasteiger partial charge in [-0.05, 0) is 55.3 Å². The summed E-state index contributed by atoms with van der Waals surface area (Å²) >= 11 is 5.93. The van der Waals surface area contributed by atoms with E-state index in [0.29, 0.717) is 17.7 Å². The van der Waals surface area contributed by atoms with Crippen molar-refractivity contribution >= 4 is 29.1 Å². The molecule has 8 heteroatoms. The second-order valence-electron chi connectivity index (χ2n) is 6.70. The number of carbonyl (C=O) groups excluding carboxylic acids is 2. The van der Waals surface area contributed by atoms with Gasteiger partial charge in [0.15, 0.2) is 0 Å². The van der Waals surface area contributed by atoms with Crippen LogP contribution in [0.4, 0.5) is 18.9 Å². The molecule has 1 heterocycles. The summed E-state index contributed by atoms with van der Waals surface area (Å²) in [6, 6.07) is 7.32. The van der Waals surface area contributed by atoms with Crippen LogP contribution in [-0.2, 0) is 10.7 Å². The van der Waals surface area contributed by atoms with Crippen molar-refractivity contribution in [3.63, 3.8) is 0 Å². The summed E-state index contributed by atoms with van der Waals surface area (Å²) in [5, 5.41) is 2.20. The smallest absolute Gasteiger partial charge is 0.333 e. The Morgan fingerprint density at radius 2 is 1.90 bits per heavy atom. The van der Waals surface area contributed by atoms with Gasteiger partial charge in [0.2, 0.25) is 0 Å². The Morgan fingerprint density at radius 3 is 2.55 bits per heavy atom. The number of aryl methyl sites for hydroxylation is 1. The molecule has 0 atom stereocenters. The number of rotatable bonds is 4. The minimum atomic E-state index is -3.88. The van der Waals surface area contributed by atoms with Crippen molar-refractivity contribution in [1.82, 2.24) is 4.90 Å². The molecule has 29 heavy (non-hydrogen) atoms. The molecule has 2 amide bonds. The molecule has 3 rings (SSSR count). The summed E-state index contributed by atoms with van der Waals surface area (Å²) in [7, 11) is 0. The lowest BCUT2D eigenvalue weighted by molar-refractivity contribution is -0.158. The summed E-state index contributed by atoms with van der Waals surface area (Å²) in [6.07, 6.45) is 3.96. The molecule has 152 valence electrons. The van der Waals surface area contributed by atoms with E-state index < -0.39 is 29.1 Å². The second kappa shape index (κ2) is 8.29. The van der Waals surface area contributed by atoms with Crippen LogP contribution in [-0.4, -0.2) is 29.8 Å². The Morgan fingerprint density at radius 1 is 1.14 bits per heavy atom. The first-order valence-electron chi connectivity index (χ1n) is 8.90. The number of halogens is 4. The Kier molecular flexibility index (Phi) is 5.98. The van der Waals surface area contributed by atoms with Gasteiger partial charge in [-0.2, -0.15) is 8.78 Å². The second-order valence-corrected chi connectivity index (χ2v) is 7.11. The largest absolute Gasteiger partial charge is 0.351 e. The zero-order valence-corrected chi connectivity index (χ0v) is 16.3. The van der Waals surface area contributed by atoms with E-state index in [4.69, 9.17) is 11.6 Å². The first kappa shape index (κ1) is 20.9. The Balaban J connectivity index is 1.86. The number of carbonyl (C=O) groups is 2. The van der Waals surface area contributed by atoms with Crippen LogP contribution in [0.1, 0.15) is 27.9 Å². The van der Waals surface area contributed by atoms with Gasteiger partial charge in [0.05, 0.1) is 10.6 Å². The normalized spacial score (nSPS) is 14.0. The van der Waals surface area contributed by atoms with E-state index in [2.05, 4.69) is 5.32 Å². The quantitative estimate of drug-likeness (QED) is 0.711. The molecule has 0 spiro atoms. The molecule has 0 saturated carbocycles. The summed E-state index contributed by atoms with van der Waals surface area (Å²) in [5.41, 5.74) is -0.195. The van der Waals surface area contributed by atoms with Crippen LogP contribution < -0.4 is 5.32 Å². The van der Waals surface area contributed by atoms with Gasteiger partial charge in [-0.25, -0.2) is 4.39 Å². The van der Waals surface area contributed by atoms with Gasteiger partial charge in [-0.15, -0.1) is 0 Å². The van der Waals surface area contributed by atoms with Gasteiger partial charge in [-0.1, -0.05) is 23.8 Å². The van der Waals surface area contributed by atoms with Crippen LogP contribution in [0, 0.1) is 12.7 Å². The minimum Gasteiger partial charge on any atom is -0.333 e. The highest BCUT2D eigenvalue weighted by Gasteiger charge is 2.45. The Labute approximate surface area is 171 Å². The molecular weight excluding hydrogens is 405 g/mol. The molecule has 2 aromatic rings. The van der Waals surface area contributed by atoms with Crippen LogP contribution in [0.5, 0.6) is 0 Å². The predicted octanol–water partition coefficient (Wildman–Crippen LogP) is 4.92. The third kappa shape index (κ3) is 4.45. The number of benzene rings is 2. The van der Waals surface area contributed by atoms with Crippen molar-refractivity contribution in [2.75, 3.05) is 18.4 Å². The third-order valence-electron chi connectivity index (χ3n) is 4.60. The van der Waals surface area contributed by atoms with Crippen molar-refractivity contribution in [2.45, 2.75) is 19.3 Å². The van der Waals surface area contributed by atoms with Crippen LogP contribution in [0.25, 0.3) is 0 Å². The van der Waals surface area contributed by atoms with E-state index in [1.807, 2.05) is 6.08 Å². The predicted molar refractivity (Wildman–Crippen MR) is 105 cm³/mol. The topological polar surface area (TPSA) is 49.4 Å². The fourth-order valence-corrected chi connectivity index (χ4v) is 3.21. The number of amides is 2. The number of hydrogen-bond donors (Lipinski definition) is 1. The summed E-state index contributed by atoms with van der Waals surface area (Å²) < 4.78 is 43.1. The molecule has 0 saturated heterocycles. The van der Waals surface area contributed by atoms with Crippen LogP contribution in [0.2, 0.25) is 5.02 Å². The molecule has 0 unspecified atom stereocenters. The van der Waals surface area contributed by atoms with E-state index in [1.165, 1.54) is 31.2 Å². The maximum Gasteiger partial charge on any atom is 0.351 e. The fourth-order valence-electron chi connectivity index (χ4n) is 2.97. The molecule has 4 nitrogen and oxygen atoms in total. The van der Waals surface area contributed by atoms with Gasteiger partial charge >= 0.3 is 5.92 Å². The van der Waals surface area contributed by atoms with Gasteiger partial charge in [0.25, 0.3) is 11.8 Å². The van der Waals surface area contributed by atoms with Crippen molar-refractivity contribution in [2.24, 2.45) is 0 Å². The lowest BCUT2D eigenvalue weighted by atomic mass is 10.0. The number of anilines is 1. The molecule has 1 aliphatic rings. The molecule has 2 aromatic carbocycles. The Bertz CT molecular complexity index is 992. The zero-order valence-electron chi connectivity index (χ0n) is 15.5. The highest BCUT2D eigenvalue weighted by molar-refractivity contribution is 6.32. The fraction of sp³-hybridized carbons (Fsp3) is 0.238. The van der Waals surface area contributed by atoms with E-state index >= 15 is 0 Å². The summed E-state index contributed by atoms with van der Waals surface area (Å²) in [5.74, 6) is -6.36. The van der Waals surface area contributed by atoms with E-state index in [-0.39, 0.29) is 23.7 Å². The number of nitrogens with zero attached hydrogens (tertiary/aromatic N) is 1. The first-order chi connectivity index (χ1) is 13.7. The highest BCUT2D eigenvalue weighted by atomic mass is 35.5. The maximum absolute atomic E-state index is 14.9. The van der Waals surface area contributed by atoms with Crippen LogP contribution in [0.3, 0.4) is 0 Å². The van der Waals surface area contributed by atoms with Crippen molar-refractivity contribution in [3.8, 4) is 0 Å². The molecule has 0 aliphatic carbocycles. The summed E-state index contributed by atoms with van der Waals surface area (Å²) in [6.45, 7) is 1.82. The number of alkyl halides is 2. The number of nitrogens with one attached hydrogen (secondary N) is 1. The molecule has 1 N–H and O–H groups in total. The highest BCUT2D eigenvalue weighted by Crippen LogP contribution is 2.36. The minimum absolute atomic E-state index is 0.0934. The van der Waals surface area contributed by atoms with Crippen molar-refractivity contribution in [3.05, 3.63) is 76.1 Å². The first-order valence-corrected chi connectivity index (χ1v) is 9.27. The maximum atomic E-state index is 14.9. The van der Waals surface area contributed by atoms with E-state index in [9.17, 15) is 22.8 Å². The number of hydrogen-bond acceptors (Lipinski definition) is 2. The molecular formula is C21H18ClF3N2O2. The van der Waals surface area contributed by atoms with Gasteiger partial charge in [0.1, 0.15) is 5.82 Å². The molecule has 0 radical (unpaired) electrons. The van der Waals surface area contributed by atoms with Gasteiger partial charge in [0, 0.05) is 24.3 Å². The molecule has 0 fully saturated rings. The average Bonchev–Trinajstić information content (AvgIpc) is 2.71. The van der Waals surface area contributed by atoms with Crippen LogP contribution in [0.15, 0.2) is 48.6 Å². The Hall–Kier alpha value is -2.80. The lowest BCUT2D eigenvalue weighted by Crippen LogP contribution is -2.43. The monoisotopic (exact) mass is 422 g/mol. The lowest BCUT2D eigenvalue weighted by Gasteiger charge is -2.28. The van der Waals surface area contributed by atoms with E-state index in [0.717, 1.165) is 17.0 Å². The SMILES string of the molecule is Cc1cc(NC(=O)c2ccc(Cl)c(C(F)(F)C(=O)N3CC=CCC3)c2)ccc1F.